The van der Waals surface area contributed by atoms with Crippen LogP contribution in [0.4, 0.5) is 0 Å². The molecule has 0 aliphatic heterocycles. The van der Waals surface area contributed by atoms with Crippen molar-refractivity contribution >= 4 is 17.2 Å². The summed E-state index contributed by atoms with van der Waals surface area (Å²) < 4.78 is 11.0. The first-order valence-corrected chi connectivity index (χ1v) is 8.45. The molecule has 124 valence electrons. The number of ether oxygens (including phenoxy) is 1. The summed E-state index contributed by atoms with van der Waals surface area (Å²) in [6, 6.07) is 9.55. The van der Waals surface area contributed by atoms with E-state index in [-0.39, 0.29) is 5.91 Å². The number of aromatic nitrogens is 1. The van der Waals surface area contributed by atoms with Crippen LogP contribution in [-0.4, -0.2) is 10.9 Å². The first-order valence-electron chi connectivity index (χ1n) is 7.57. The molecule has 5 nitrogen and oxygen atoms in total. The SMILES string of the molecule is Cc1cccc(OCc2nc(C(=O)NCc3ccco3)cs2)c1C. The van der Waals surface area contributed by atoms with Gasteiger partial charge < -0.3 is 14.5 Å². The Labute approximate surface area is 144 Å². The fourth-order valence-electron chi connectivity index (χ4n) is 2.17. The monoisotopic (exact) mass is 342 g/mol. The normalized spacial score (nSPS) is 10.6. The number of thiazole rings is 1. The van der Waals surface area contributed by atoms with Crippen molar-refractivity contribution in [2.24, 2.45) is 0 Å². The van der Waals surface area contributed by atoms with Crippen LogP contribution in [0.3, 0.4) is 0 Å². The van der Waals surface area contributed by atoms with Gasteiger partial charge in [-0.25, -0.2) is 4.98 Å². The Kier molecular flexibility index (Phi) is 4.96. The number of amides is 1. The summed E-state index contributed by atoms with van der Waals surface area (Å²) in [7, 11) is 0. The Morgan fingerprint density at radius 3 is 2.96 bits per heavy atom. The average Bonchev–Trinajstić information content (AvgIpc) is 3.25. The van der Waals surface area contributed by atoms with Crippen LogP contribution in [0.5, 0.6) is 5.75 Å². The van der Waals surface area contributed by atoms with Crippen molar-refractivity contribution in [3.8, 4) is 5.75 Å². The summed E-state index contributed by atoms with van der Waals surface area (Å²) >= 11 is 1.41. The van der Waals surface area contributed by atoms with E-state index in [1.165, 1.54) is 16.9 Å². The Bertz CT molecular complexity index is 825. The van der Waals surface area contributed by atoms with Crippen LogP contribution in [0, 0.1) is 13.8 Å². The van der Waals surface area contributed by atoms with E-state index in [0.29, 0.717) is 24.6 Å². The molecule has 0 aliphatic carbocycles. The molecule has 0 radical (unpaired) electrons. The maximum Gasteiger partial charge on any atom is 0.271 e. The van der Waals surface area contributed by atoms with E-state index in [0.717, 1.165) is 16.3 Å². The molecule has 0 saturated carbocycles. The molecule has 0 saturated heterocycles. The first-order chi connectivity index (χ1) is 11.6. The molecule has 0 bridgehead atoms. The van der Waals surface area contributed by atoms with Gasteiger partial charge in [-0.3, -0.25) is 4.79 Å². The van der Waals surface area contributed by atoms with E-state index in [4.69, 9.17) is 9.15 Å². The van der Waals surface area contributed by atoms with Crippen molar-refractivity contribution in [2.45, 2.75) is 27.0 Å². The molecule has 0 unspecified atom stereocenters. The van der Waals surface area contributed by atoms with Crippen LogP contribution < -0.4 is 10.1 Å². The lowest BCUT2D eigenvalue weighted by Crippen LogP contribution is -2.22. The zero-order valence-corrected chi connectivity index (χ0v) is 14.4. The molecule has 0 fully saturated rings. The second-order valence-corrected chi connectivity index (χ2v) is 6.32. The van der Waals surface area contributed by atoms with E-state index in [1.54, 1.807) is 17.7 Å². The minimum atomic E-state index is -0.222. The highest BCUT2D eigenvalue weighted by molar-refractivity contribution is 7.09. The van der Waals surface area contributed by atoms with E-state index in [2.05, 4.69) is 10.3 Å². The van der Waals surface area contributed by atoms with Crippen LogP contribution in [0.2, 0.25) is 0 Å². The number of benzene rings is 1. The van der Waals surface area contributed by atoms with Crippen LogP contribution in [0.1, 0.15) is 32.4 Å². The van der Waals surface area contributed by atoms with Gasteiger partial charge in [-0.1, -0.05) is 12.1 Å². The van der Waals surface area contributed by atoms with Gasteiger partial charge in [0, 0.05) is 5.38 Å². The van der Waals surface area contributed by atoms with Gasteiger partial charge in [0.1, 0.15) is 28.8 Å². The number of rotatable bonds is 6. The van der Waals surface area contributed by atoms with E-state index < -0.39 is 0 Å². The highest BCUT2D eigenvalue weighted by Crippen LogP contribution is 2.22. The second kappa shape index (κ2) is 7.31. The van der Waals surface area contributed by atoms with Crippen molar-refractivity contribution in [3.63, 3.8) is 0 Å². The number of furan rings is 1. The largest absolute Gasteiger partial charge is 0.486 e. The van der Waals surface area contributed by atoms with Crippen LogP contribution >= 0.6 is 11.3 Å². The highest BCUT2D eigenvalue weighted by atomic mass is 32.1. The Hall–Kier alpha value is -2.60. The van der Waals surface area contributed by atoms with Crippen LogP contribution in [0.25, 0.3) is 0 Å². The number of carbonyl (C=O) groups excluding carboxylic acids is 1. The number of hydrogen-bond acceptors (Lipinski definition) is 5. The van der Waals surface area contributed by atoms with Gasteiger partial charge in [0.25, 0.3) is 5.91 Å². The highest BCUT2D eigenvalue weighted by Gasteiger charge is 2.12. The second-order valence-electron chi connectivity index (χ2n) is 5.38. The maximum atomic E-state index is 12.1. The van der Waals surface area contributed by atoms with Crippen molar-refractivity contribution in [1.82, 2.24) is 10.3 Å². The average molecular weight is 342 g/mol. The molecule has 0 aliphatic rings. The van der Waals surface area contributed by atoms with Gasteiger partial charge in [0.15, 0.2) is 0 Å². The molecule has 1 N–H and O–H groups in total. The zero-order valence-electron chi connectivity index (χ0n) is 13.5. The lowest BCUT2D eigenvalue weighted by atomic mass is 10.1. The standard InChI is InChI=1S/C18H18N2O3S/c1-12-5-3-7-16(13(12)2)23-10-17-20-15(11-24-17)18(21)19-9-14-6-4-8-22-14/h3-8,11H,9-10H2,1-2H3,(H,19,21). The van der Waals surface area contributed by atoms with Gasteiger partial charge >= 0.3 is 0 Å². The fraction of sp³-hybridized carbons (Fsp3) is 0.222. The lowest BCUT2D eigenvalue weighted by Gasteiger charge is -2.09. The summed E-state index contributed by atoms with van der Waals surface area (Å²) in [6.07, 6.45) is 1.58. The molecule has 1 aromatic carbocycles. The molecule has 2 heterocycles. The first kappa shape index (κ1) is 16.3. The molecule has 24 heavy (non-hydrogen) atoms. The molecule has 3 rings (SSSR count). The lowest BCUT2D eigenvalue weighted by molar-refractivity contribution is 0.0943. The van der Waals surface area contributed by atoms with Gasteiger partial charge in [0.05, 0.1) is 12.8 Å². The number of hydrogen-bond donors (Lipinski definition) is 1. The van der Waals surface area contributed by atoms with E-state index >= 15 is 0 Å². The summed E-state index contributed by atoms with van der Waals surface area (Å²) in [4.78, 5) is 16.4. The van der Waals surface area contributed by atoms with Crippen molar-refractivity contribution in [3.05, 3.63) is 69.6 Å². The van der Waals surface area contributed by atoms with Crippen molar-refractivity contribution in [2.75, 3.05) is 0 Å². The van der Waals surface area contributed by atoms with E-state index in [1.807, 2.05) is 38.1 Å². The molecule has 0 spiro atoms. The summed E-state index contributed by atoms with van der Waals surface area (Å²) in [5.41, 5.74) is 2.70. The van der Waals surface area contributed by atoms with Crippen LogP contribution in [0.15, 0.2) is 46.4 Å². The van der Waals surface area contributed by atoms with Gasteiger partial charge in [0.2, 0.25) is 0 Å². The predicted octanol–water partition coefficient (Wildman–Crippen LogP) is 3.86. The third kappa shape index (κ3) is 3.83. The number of nitrogens with zero attached hydrogens (tertiary/aromatic N) is 1. The smallest absolute Gasteiger partial charge is 0.271 e. The summed E-state index contributed by atoms with van der Waals surface area (Å²) in [5, 5.41) is 5.27. The molecule has 2 aromatic heterocycles. The minimum Gasteiger partial charge on any atom is -0.486 e. The number of aryl methyl sites for hydroxylation is 1. The quantitative estimate of drug-likeness (QED) is 0.739. The Morgan fingerprint density at radius 2 is 2.17 bits per heavy atom. The minimum absolute atomic E-state index is 0.222. The van der Waals surface area contributed by atoms with Gasteiger partial charge in [-0.05, 0) is 43.2 Å². The van der Waals surface area contributed by atoms with Gasteiger partial charge in [-0.15, -0.1) is 11.3 Å². The third-order valence-electron chi connectivity index (χ3n) is 3.69. The number of nitrogens with one attached hydrogen (secondary N) is 1. The number of carbonyl (C=O) groups is 1. The topological polar surface area (TPSA) is 64.4 Å². The molecular weight excluding hydrogens is 324 g/mol. The Balaban J connectivity index is 1.57. The Morgan fingerprint density at radius 1 is 1.29 bits per heavy atom. The molecular formula is C18H18N2O3S. The van der Waals surface area contributed by atoms with Crippen molar-refractivity contribution < 1.29 is 13.9 Å². The summed E-state index contributed by atoms with van der Waals surface area (Å²) in [6.45, 7) is 4.77. The van der Waals surface area contributed by atoms with Gasteiger partial charge in [-0.2, -0.15) is 0 Å². The van der Waals surface area contributed by atoms with Crippen molar-refractivity contribution in [1.29, 1.82) is 0 Å². The molecule has 3 aromatic rings. The molecule has 0 atom stereocenters. The summed E-state index contributed by atoms with van der Waals surface area (Å²) in [5.74, 6) is 1.33. The van der Waals surface area contributed by atoms with Crippen LogP contribution in [-0.2, 0) is 13.2 Å². The molecule has 6 heteroatoms. The third-order valence-corrected chi connectivity index (χ3v) is 4.52. The maximum absolute atomic E-state index is 12.1. The fourth-order valence-corrected chi connectivity index (χ4v) is 2.86. The molecule has 1 amide bonds. The van der Waals surface area contributed by atoms with E-state index in [9.17, 15) is 4.79 Å². The predicted molar refractivity (Wildman–Crippen MR) is 92.2 cm³/mol. The zero-order chi connectivity index (χ0) is 16.9.